The van der Waals surface area contributed by atoms with Gasteiger partial charge in [0, 0.05) is 11.2 Å². The Hall–Kier alpha value is -1.74. The number of phenols is 1. The lowest BCUT2D eigenvalue weighted by molar-refractivity contribution is 0.306. The first-order valence-corrected chi connectivity index (χ1v) is 11.4. The van der Waals surface area contributed by atoms with E-state index < -0.39 is 0 Å². The van der Waals surface area contributed by atoms with E-state index in [-0.39, 0.29) is 5.75 Å². The predicted molar refractivity (Wildman–Crippen MR) is 124 cm³/mol. The van der Waals surface area contributed by atoms with Crippen molar-refractivity contribution in [2.75, 3.05) is 11.9 Å². The third kappa shape index (κ3) is 6.12. The first-order chi connectivity index (χ1) is 14.2. The zero-order valence-corrected chi connectivity index (χ0v) is 18.5. The van der Waals surface area contributed by atoms with Gasteiger partial charge in [0.25, 0.3) is 0 Å². The van der Waals surface area contributed by atoms with Gasteiger partial charge in [0.05, 0.1) is 6.61 Å². The summed E-state index contributed by atoms with van der Waals surface area (Å²) < 4.78 is 5.90. The molecule has 151 valence electrons. The Bertz CT molecular complexity index is 771. The van der Waals surface area contributed by atoms with Crippen LogP contribution in [-0.2, 0) is 0 Å². The van der Waals surface area contributed by atoms with Crippen molar-refractivity contribution in [2.24, 2.45) is 0 Å². The minimum Gasteiger partial charge on any atom is -0.508 e. The minimum absolute atomic E-state index is 0.281. The number of hydrogen-bond acceptors (Lipinski definition) is 2. The highest BCUT2D eigenvalue weighted by atomic mass is 79.9. The van der Waals surface area contributed by atoms with Gasteiger partial charge in [-0.15, -0.1) is 0 Å². The molecule has 0 heterocycles. The summed E-state index contributed by atoms with van der Waals surface area (Å²) in [6.45, 7) is 2.94. The lowest BCUT2D eigenvalue weighted by Gasteiger charge is -2.20. The van der Waals surface area contributed by atoms with Gasteiger partial charge in [-0.3, -0.25) is 0 Å². The molecule has 0 aliphatic heterocycles. The molecule has 0 spiro atoms. The van der Waals surface area contributed by atoms with Crippen molar-refractivity contribution < 1.29 is 9.84 Å². The summed E-state index contributed by atoms with van der Waals surface area (Å²) in [6.07, 6.45) is 12.8. The molecule has 2 aromatic rings. The lowest BCUT2D eigenvalue weighted by atomic mass is 9.84. The van der Waals surface area contributed by atoms with Crippen LogP contribution in [0.25, 0.3) is 5.57 Å². The van der Waals surface area contributed by atoms with E-state index >= 15 is 0 Å². The minimum atomic E-state index is 0.281. The standard InChI is InChI=1S/C26H28BrO2/c1-2-25(20-8-4-5-9-20)26(21-10-14-23(28)15-11-21)22-12-16-24(17-13-22)29-19-7-3-6-18-27/h4-5,8-17,28H,2-3,6-7,18-19H2,1H3/b26-25-. The van der Waals surface area contributed by atoms with E-state index in [2.05, 4.69) is 72.8 Å². The van der Waals surface area contributed by atoms with Crippen molar-refractivity contribution in [2.45, 2.75) is 32.6 Å². The summed E-state index contributed by atoms with van der Waals surface area (Å²) in [5, 5.41) is 10.8. The van der Waals surface area contributed by atoms with Gasteiger partial charge in [-0.05, 0) is 92.3 Å². The van der Waals surface area contributed by atoms with Gasteiger partial charge in [-0.1, -0.05) is 52.7 Å². The van der Waals surface area contributed by atoms with E-state index in [0.29, 0.717) is 0 Å². The molecule has 1 saturated carbocycles. The Morgan fingerprint density at radius 2 is 1.48 bits per heavy atom. The molecule has 0 aromatic heterocycles. The summed E-state index contributed by atoms with van der Waals surface area (Å²) in [5.74, 6) is 2.43. The number of phenolic OH excluding ortho intramolecular Hbond substituents is 1. The SMILES string of the molecule is CC/C([C]1[CH][CH][CH][CH]1)=C(\c1ccc(O)cc1)c1ccc(OCCCCCBr)cc1. The van der Waals surface area contributed by atoms with Crippen molar-refractivity contribution in [3.8, 4) is 11.5 Å². The number of alkyl halides is 1. The van der Waals surface area contributed by atoms with E-state index in [1.54, 1.807) is 12.1 Å². The topological polar surface area (TPSA) is 29.5 Å². The van der Waals surface area contributed by atoms with E-state index in [1.807, 2.05) is 12.1 Å². The van der Waals surface area contributed by atoms with Gasteiger partial charge in [0.15, 0.2) is 0 Å². The molecule has 2 nitrogen and oxygen atoms in total. The van der Waals surface area contributed by atoms with Gasteiger partial charge < -0.3 is 9.84 Å². The van der Waals surface area contributed by atoms with Crippen LogP contribution in [0.1, 0.15) is 43.7 Å². The average Bonchev–Trinajstić information content (AvgIpc) is 3.28. The normalized spacial score (nSPS) is 15.4. The molecule has 0 unspecified atom stereocenters. The number of ether oxygens (including phenoxy) is 1. The highest BCUT2D eigenvalue weighted by molar-refractivity contribution is 9.09. The Labute approximate surface area is 184 Å². The maximum Gasteiger partial charge on any atom is 0.119 e. The summed E-state index contributed by atoms with van der Waals surface area (Å²) in [5.41, 5.74) is 4.75. The van der Waals surface area contributed by atoms with Gasteiger partial charge >= 0.3 is 0 Å². The fourth-order valence-electron chi connectivity index (χ4n) is 3.52. The maximum absolute atomic E-state index is 9.73. The molecule has 29 heavy (non-hydrogen) atoms. The van der Waals surface area contributed by atoms with Crippen LogP contribution >= 0.6 is 15.9 Å². The number of benzene rings is 2. The van der Waals surface area contributed by atoms with Crippen LogP contribution in [0.5, 0.6) is 11.5 Å². The van der Waals surface area contributed by atoms with Crippen LogP contribution in [0, 0.1) is 31.6 Å². The van der Waals surface area contributed by atoms with Gasteiger partial charge in [-0.25, -0.2) is 0 Å². The molecule has 0 bridgehead atoms. The van der Waals surface area contributed by atoms with Crippen LogP contribution in [0.4, 0.5) is 0 Å². The first-order valence-electron chi connectivity index (χ1n) is 10.3. The van der Waals surface area contributed by atoms with Gasteiger partial charge in [0.2, 0.25) is 0 Å². The molecule has 1 aliphatic carbocycles. The van der Waals surface area contributed by atoms with Crippen molar-refractivity contribution >= 4 is 21.5 Å². The fraction of sp³-hybridized carbons (Fsp3) is 0.269. The number of unbranched alkanes of at least 4 members (excludes halogenated alkanes) is 2. The van der Waals surface area contributed by atoms with Crippen LogP contribution in [0.2, 0.25) is 0 Å². The van der Waals surface area contributed by atoms with Crippen molar-refractivity contribution in [1.82, 2.24) is 0 Å². The highest BCUT2D eigenvalue weighted by Crippen LogP contribution is 2.40. The Morgan fingerprint density at radius 1 is 0.862 bits per heavy atom. The molecule has 0 amide bonds. The second kappa shape index (κ2) is 11.4. The Balaban J connectivity index is 1.85. The van der Waals surface area contributed by atoms with Crippen molar-refractivity contribution in [1.29, 1.82) is 0 Å². The van der Waals surface area contributed by atoms with Crippen molar-refractivity contribution in [3.05, 3.63) is 96.8 Å². The molecule has 1 N–H and O–H groups in total. The molecule has 3 heteroatoms. The Kier molecular flexibility index (Phi) is 8.67. The molecular formula is C26H28BrO2. The maximum atomic E-state index is 9.73. The second-order valence-electron chi connectivity index (χ2n) is 7.05. The first kappa shape index (κ1) is 22.0. The number of aromatic hydroxyl groups is 1. The number of rotatable bonds is 10. The van der Waals surface area contributed by atoms with Gasteiger partial charge in [0.1, 0.15) is 11.5 Å². The third-order valence-corrected chi connectivity index (χ3v) is 5.57. The van der Waals surface area contributed by atoms with E-state index in [4.69, 9.17) is 4.74 Å². The second-order valence-corrected chi connectivity index (χ2v) is 7.84. The van der Waals surface area contributed by atoms with Crippen LogP contribution in [0.15, 0.2) is 54.1 Å². The zero-order chi connectivity index (χ0) is 20.5. The van der Waals surface area contributed by atoms with E-state index in [9.17, 15) is 5.11 Å². The van der Waals surface area contributed by atoms with Crippen LogP contribution in [-0.4, -0.2) is 17.0 Å². The zero-order valence-electron chi connectivity index (χ0n) is 16.9. The van der Waals surface area contributed by atoms with Crippen molar-refractivity contribution in [3.63, 3.8) is 0 Å². The third-order valence-electron chi connectivity index (χ3n) is 5.01. The number of allylic oxidation sites excluding steroid dienone is 1. The van der Waals surface area contributed by atoms with E-state index in [1.165, 1.54) is 29.9 Å². The van der Waals surface area contributed by atoms with Crippen LogP contribution < -0.4 is 4.74 Å². The Morgan fingerprint density at radius 3 is 2.07 bits per heavy atom. The quantitative estimate of drug-likeness (QED) is 0.312. The fourth-order valence-corrected chi connectivity index (χ4v) is 3.92. The largest absolute Gasteiger partial charge is 0.508 e. The number of hydrogen-bond donors (Lipinski definition) is 1. The van der Waals surface area contributed by atoms with E-state index in [0.717, 1.165) is 41.7 Å². The predicted octanol–water partition coefficient (Wildman–Crippen LogP) is 6.95. The average molecular weight is 452 g/mol. The molecule has 0 atom stereocenters. The highest BCUT2D eigenvalue weighted by Gasteiger charge is 2.24. The molecule has 2 aromatic carbocycles. The monoisotopic (exact) mass is 451 g/mol. The molecule has 3 rings (SSSR count). The molecule has 1 aliphatic rings. The summed E-state index contributed by atoms with van der Waals surface area (Å²) in [6, 6.07) is 15.8. The molecular weight excluding hydrogens is 424 g/mol. The summed E-state index contributed by atoms with van der Waals surface area (Å²) in [7, 11) is 0. The molecule has 1 fully saturated rings. The van der Waals surface area contributed by atoms with Gasteiger partial charge in [-0.2, -0.15) is 0 Å². The number of halogens is 1. The lowest BCUT2D eigenvalue weighted by Crippen LogP contribution is -2.03. The summed E-state index contributed by atoms with van der Waals surface area (Å²) >= 11 is 3.46. The summed E-state index contributed by atoms with van der Waals surface area (Å²) in [4.78, 5) is 0. The smallest absolute Gasteiger partial charge is 0.119 e. The molecule has 5 radical (unpaired) electrons. The van der Waals surface area contributed by atoms with Crippen LogP contribution in [0.3, 0.4) is 0 Å². The molecule has 0 saturated heterocycles.